The monoisotopic (exact) mass is 230 g/mol. The predicted octanol–water partition coefficient (Wildman–Crippen LogP) is 2.92. The highest BCUT2D eigenvalue weighted by Gasteiger charge is 2.30. The maximum atomic E-state index is 11.1. The fraction of sp³-hybridized carbons (Fsp3) is 0.917. The van der Waals surface area contributed by atoms with Gasteiger partial charge in [0.25, 0.3) is 0 Å². The first-order valence-electron chi connectivity index (χ1n) is 5.84. The van der Waals surface area contributed by atoms with Gasteiger partial charge in [0.15, 0.2) is 5.12 Å². The first kappa shape index (κ1) is 13.0. The third kappa shape index (κ3) is 4.15. The molecular formula is C12H22O2S. The SMILES string of the molecule is CC1CCOC(C(CC(=O)S)C(C)C)C1. The molecule has 0 spiro atoms. The van der Waals surface area contributed by atoms with E-state index in [1.165, 1.54) is 0 Å². The van der Waals surface area contributed by atoms with Gasteiger partial charge < -0.3 is 4.74 Å². The lowest BCUT2D eigenvalue weighted by atomic mass is 9.82. The maximum Gasteiger partial charge on any atom is 0.186 e. The van der Waals surface area contributed by atoms with Crippen LogP contribution in [0, 0.1) is 17.8 Å². The number of carbonyl (C=O) groups excluding carboxylic acids is 1. The molecule has 0 aliphatic carbocycles. The minimum atomic E-state index is -0.0180. The lowest BCUT2D eigenvalue weighted by Gasteiger charge is -2.35. The van der Waals surface area contributed by atoms with Crippen molar-refractivity contribution in [2.75, 3.05) is 6.61 Å². The molecule has 1 rings (SSSR count). The van der Waals surface area contributed by atoms with E-state index in [0.29, 0.717) is 18.3 Å². The van der Waals surface area contributed by atoms with E-state index in [-0.39, 0.29) is 11.2 Å². The van der Waals surface area contributed by atoms with Crippen LogP contribution in [-0.2, 0) is 9.53 Å². The molecule has 1 fully saturated rings. The normalized spacial score (nSPS) is 29.1. The largest absolute Gasteiger partial charge is 0.378 e. The topological polar surface area (TPSA) is 26.3 Å². The summed E-state index contributed by atoms with van der Waals surface area (Å²) in [5.74, 6) is 1.54. The minimum absolute atomic E-state index is 0.0180. The molecule has 0 N–H and O–H groups in total. The summed E-state index contributed by atoms with van der Waals surface area (Å²) in [6, 6.07) is 0. The van der Waals surface area contributed by atoms with Gasteiger partial charge in [-0.2, -0.15) is 0 Å². The molecule has 3 heteroatoms. The molecule has 0 aromatic heterocycles. The van der Waals surface area contributed by atoms with Gasteiger partial charge in [-0.3, -0.25) is 4.79 Å². The Hall–Kier alpha value is -0.0200. The van der Waals surface area contributed by atoms with Crippen molar-refractivity contribution in [2.45, 2.75) is 46.1 Å². The average molecular weight is 230 g/mol. The molecule has 3 atom stereocenters. The average Bonchev–Trinajstić information content (AvgIpc) is 2.13. The summed E-state index contributed by atoms with van der Waals surface area (Å²) in [6.07, 6.45) is 3.03. The number of hydrogen-bond donors (Lipinski definition) is 1. The third-order valence-corrected chi connectivity index (χ3v) is 3.50. The molecule has 3 unspecified atom stereocenters. The zero-order valence-electron chi connectivity index (χ0n) is 9.90. The highest BCUT2D eigenvalue weighted by Crippen LogP contribution is 2.31. The van der Waals surface area contributed by atoms with Gasteiger partial charge in [-0.1, -0.05) is 20.8 Å². The number of hydrogen-bond acceptors (Lipinski definition) is 2. The standard InChI is InChI=1S/C12H22O2S/c1-8(2)10(7-12(13)15)11-6-9(3)4-5-14-11/h8-11H,4-7H2,1-3H3,(H,13,15). The van der Waals surface area contributed by atoms with E-state index in [2.05, 4.69) is 33.4 Å². The Morgan fingerprint density at radius 1 is 1.53 bits per heavy atom. The molecule has 1 heterocycles. The molecule has 2 nitrogen and oxygen atoms in total. The first-order chi connectivity index (χ1) is 7.00. The molecule has 0 radical (unpaired) electrons. The lowest BCUT2D eigenvalue weighted by molar-refractivity contribution is -0.115. The van der Waals surface area contributed by atoms with E-state index < -0.39 is 0 Å². The van der Waals surface area contributed by atoms with Crippen LogP contribution in [0.5, 0.6) is 0 Å². The van der Waals surface area contributed by atoms with Gasteiger partial charge in [0.05, 0.1) is 6.10 Å². The van der Waals surface area contributed by atoms with Gasteiger partial charge in [-0.05, 0) is 30.6 Å². The zero-order valence-corrected chi connectivity index (χ0v) is 10.8. The number of ether oxygens (including phenoxy) is 1. The zero-order chi connectivity index (χ0) is 11.4. The van der Waals surface area contributed by atoms with Crippen LogP contribution in [0.1, 0.15) is 40.0 Å². The molecule has 15 heavy (non-hydrogen) atoms. The molecule has 0 aromatic carbocycles. The van der Waals surface area contributed by atoms with E-state index in [4.69, 9.17) is 4.74 Å². The summed E-state index contributed by atoms with van der Waals surface area (Å²) in [5, 5.41) is -0.0180. The van der Waals surface area contributed by atoms with Crippen molar-refractivity contribution in [2.24, 2.45) is 17.8 Å². The van der Waals surface area contributed by atoms with Gasteiger partial charge in [0.2, 0.25) is 0 Å². The minimum Gasteiger partial charge on any atom is -0.378 e. The summed E-state index contributed by atoms with van der Waals surface area (Å²) in [4.78, 5) is 11.1. The van der Waals surface area contributed by atoms with Crippen molar-refractivity contribution in [1.29, 1.82) is 0 Å². The molecular weight excluding hydrogens is 208 g/mol. The molecule has 0 bridgehead atoms. The highest BCUT2D eigenvalue weighted by molar-refractivity contribution is 7.96. The Balaban J connectivity index is 2.57. The van der Waals surface area contributed by atoms with Crippen LogP contribution in [0.2, 0.25) is 0 Å². The molecule has 0 amide bonds. The van der Waals surface area contributed by atoms with Crippen molar-refractivity contribution in [1.82, 2.24) is 0 Å². The summed E-state index contributed by atoms with van der Waals surface area (Å²) in [7, 11) is 0. The van der Waals surface area contributed by atoms with Crippen LogP contribution >= 0.6 is 12.6 Å². The van der Waals surface area contributed by atoms with E-state index in [0.717, 1.165) is 25.4 Å². The van der Waals surface area contributed by atoms with Crippen LogP contribution in [-0.4, -0.2) is 17.8 Å². The van der Waals surface area contributed by atoms with Crippen LogP contribution in [0.25, 0.3) is 0 Å². The second-order valence-electron chi connectivity index (χ2n) is 5.04. The third-order valence-electron chi connectivity index (χ3n) is 3.32. The first-order valence-corrected chi connectivity index (χ1v) is 6.28. The summed E-state index contributed by atoms with van der Waals surface area (Å²) >= 11 is 3.88. The second kappa shape index (κ2) is 5.90. The van der Waals surface area contributed by atoms with Crippen LogP contribution in [0.4, 0.5) is 0 Å². The molecule has 1 saturated heterocycles. The molecule has 0 aromatic rings. The van der Waals surface area contributed by atoms with Gasteiger partial charge in [0, 0.05) is 13.0 Å². The molecule has 1 aliphatic heterocycles. The number of rotatable bonds is 4. The lowest BCUT2D eigenvalue weighted by Crippen LogP contribution is -2.34. The summed E-state index contributed by atoms with van der Waals surface area (Å²) < 4.78 is 5.79. The van der Waals surface area contributed by atoms with E-state index in [9.17, 15) is 4.79 Å². The Labute approximate surface area is 98.2 Å². The Kier molecular flexibility index (Phi) is 5.13. The highest BCUT2D eigenvalue weighted by atomic mass is 32.1. The van der Waals surface area contributed by atoms with E-state index in [1.807, 2.05) is 0 Å². The van der Waals surface area contributed by atoms with Crippen LogP contribution in [0.15, 0.2) is 0 Å². The summed E-state index contributed by atoms with van der Waals surface area (Å²) in [6.45, 7) is 7.42. The van der Waals surface area contributed by atoms with Crippen molar-refractivity contribution in [3.8, 4) is 0 Å². The second-order valence-corrected chi connectivity index (χ2v) is 5.54. The fourth-order valence-electron chi connectivity index (χ4n) is 2.30. The molecule has 88 valence electrons. The number of carbonyl (C=O) groups is 1. The van der Waals surface area contributed by atoms with Crippen molar-refractivity contribution in [3.63, 3.8) is 0 Å². The van der Waals surface area contributed by atoms with Crippen molar-refractivity contribution >= 4 is 17.7 Å². The van der Waals surface area contributed by atoms with Gasteiger partial charge in [0.1, 0.15) is 0 Å². The number of thiol groups is 1. The fourth-order valence-corrected chi connectivity index (χ4v) is 2.51. The Morgan fingerprint density at radius 3 is 2.67 bits per heavy atom. The Morgan fingerprint density at radius 2 is 2.20 bits per heavy atom. The smallest absolute Gasteiger partial charge is 0.186 e. The van der Waals surface area contributed by atoms with E-state index >= 15 is 0 Å². The van der Waals surface area contributed by atoms with Gasteiger partial charge >= 0.3 is 0 Å². The molecule has 0 saturated carbocycles. The maximum absolute atomic E-state index is 11.1. The predicted molar refractivity (Wildman–Crippen MR) is 65.1 cm³/mol. The summed E-state index contributed by atoms with van der Waals surface area (Å²) in [5.41, 5.74) is 0. The molecule has 1 aliphatic rings. The van der Waals surface area contributed by atoms with E-state index in [1.54, 1.807) is 0 Å². The van der Waals surface area contributed by atoms with Crippen LogP contribution < -0.4 is 0 Å². The Bertz CT molecular complexity index is 216. The van der Waals surface area contributed by atoms with Crippen LogP contribution in [0.3, 0.4) is 0 Å². The van der Waals surface area contributed by atoms with Crippen molar-refractivity contribution in [3.05, 3.63) is 0 Å². The van der Waals surface area contributed by atoms with Gasteiger partial charge in [-0.25, -0.2) is 0 Å². The van der Waals surface area contributed by atoms with Crippen molar-refractivity contribution < 1.29 is 9.53 Å². The van der Waals surface area contributed by atoms with Gasteiger partial charge in [-0.15, -0.1) is 12.6 Å². The quantitative estimate of drug-likeness (QED) is 0.752.